The van der Waals surface area contributed by atoms with Crippen molar-refractivity contribution in [3.8, 4) is 0 Å². The Kier molecular flexibility index (Phi) is 6.17. The molecule has 2 saturated heterocycles. The summed E-state index contributed by atoms with van der Waals surface area (Å²) < 4.78 is 40.1. The van der Waals surface area contributed by atoms with Crippen molar-refractivity contribution in [1.29, 1.82) is 0 Å². The van der Waals surface area contributed by atoms with Crippen molar-refractivity contribution in [3.05, 3.63) is 66.0 Å². The predicted molar refractivity (Wildman–Crippen MR) is 112 cm³/mol. The summed E-state index contributed by atoms with van der Waals surface area (Å²) in [6.07, 6.45) is 1.61. The molecule has 0 N–H and O–H groups in total. The highest BCUT2D eigenvalue weighted by atomic mass is 32.2. The summed E-state index contributed by atoms with van der Waals surface area (Å²) in [4.78, 5) is 17.0. The molecule has 2 aromatic rings. The largest absolute Gasteiger partial charge is 0.341 e. The maximum atomic E-state index is 13.1. The minimum absolute atomic E-state index is 0.0985. The Morgan fingerprint density at radius 1 is 0.900 bits per heavy atom. The minimum Gasteiger partial charge on any atom is -0.341 e. The lowest BCUT2D eigenvalue weighted by Crippen LogP contribution is -2.53. The maximum absolute atomic E-state index is 13.1. The van der Waals surface area contributed by atoms with Crippen molar-refractivity contribution >= 4 is 15.9 Å². The van der Waals surface area contributed by atoms with E-state index >= 15 is 0 Å². The summed E-state index contributed by atoms with van der Waals surface area (Å²) in [5.41, 5.74) is 1.22. The van der Waals surface area contributed by atoms with Gasteiger partial charge in [0.15, 0.2) is 0 Å². The summed E-state index contributed by atoms with van der Waals surface area (Å²) in [5, 5.41) is 0. The van der Waals surface area contributed by atoms with Crippen LogP contribution in [-0.2, 0) is 21.2 Å². The fourth-order valence-corrected chi connectivity index (χ4v) is 5.63. The molecule has 1 unspecified atom stereocenters. The molecular formula is C22H26FN3O3S. The van der Waals surface area contributed by atoms with E-state index < -0.39 is 15.8 Å². The van der Waals surface area contributed by atoms with E-state index in [2.05, 4.69) is 17.0 Å². The fourth-order valence-electron chi connectivity index (χ4n) is 4.20. The summed E-state index contributed by atoms with van der Waals surface area (Å²) >= 11 is 0. The van der Waals surface area contributed by atoms with E-state index in [0.717, 1.165) is 31.5 Å². The van der Waals surface area contributed by atoms with Crippen molar-refractivity contribution in [1.82, 2.24) is 14.1 Å². The highest BCUT2D eigenvalue weighted by Crippen LogP contribution is 2.23. The van der Waals surface area contributed by atoms with E-state index in [9.17, 15) is 17.6 Å². The Bertz CT molecular complexity index is 974. The van der Waals surface area contributed by atoms with Gasteiger partial charge in [-0.1, -0.05) is 30.3 Å². The third-order valence-electron chi connectivity index (χ3n) is 5.95. The molecule has 6 nitrogen and oxygen atoms in total. The first-order valence-electron chi connectivity index (χ1n) is 10.3. The molecular weight excluding hydrogens is 405 g/mol. The van der Waals surface area contributed by atoms with Gasteiger partial charge in [-0.3, -0.25) is 9.69 Å². The standard InChI is InChI=1S/C22H26FN3O3S/c23-19-6-8-20(9-7-19)30(28,29)26-16-14-24(15-17-26)21-11-13-25(22(21)27)12-10-18-4-2-1-3-5-18/h1-9,21H,10-17H2. The molecule has 2 heterocycles. The third kappa shape index (κ3) is 4.40. The van der Waals surface area contributed by atoms with Gasteiger partial charge in [-0.25, -0.2) is 12.8 Å². The van der Waals surface area contributed by atoms with Crippen LogP contribution in [0.1, 0.15) is 12.0 Å². The maximum Gasteiger partial charge on any atom is 0.243 e. The van der Waals surface area contributed by atoms with E-state index in [1.54, 1.807) is 0 Å². The average molecular weight is 432 g/mol. The zero-order valence-corrected chi connectivity index (χ0v) is 17.6. The molecule has 0 aromatic heterocycles. The van der Waals surface area contributed by atoms with Gasteiger partial charge in [0.1, 0.15) is 5.82 Å². The number of hydrogen-bond acceptors (Lipinski definition) is 4. The lowest BCUT2D eigenvalue weighted by atomic mass is 10.1. The number of sulfonamides is 1. The summed E-state index contributed by atoms with van der Waals surface area (Å²) in [6.45, 7) is 3.14. The zero-order valence-electron chi connectivity index (χ0n) is 16.8. The molecule has 0 bridgehead atoms. The third-order valence-corrected chi connectivity index (χ3v) is 7.86. The number of piperazine rings is 1. The van der Waals surface area contributed by atoms with Gasteiger partial charge in [0, 0.05) is 39.3 Å². The molecule has 0 saturated carbocycles. The van der Waals surface area contributed by atoms with Gasteiger partial charge < -0.3 is 4.90 Å². The monoisotopic (exact) mass is 431 g/mol. The normalized spacial score (nSPS) is 21.3. The van der Waals surface area contributed by atoms with Crippen molar-refractivity contribution in [3.63, 3.8) is 0 Å². The molecule has 2 aliphatic heterocycles. The summed E-state index contributed by atoms with van der Waals surface area (Å²) in [6, 6.07) is 14.9. The zero-order chi connectivity index (χ0) is 21.1. The Balaban J connectivity index is 1.32. The SMILES string of the molecule is O=C1C(N2CCN(S(=O)(=O)c3ccc(F)cc3)CC2)CCN1CCc1ccccc1. The van der Waals surface area contributed by atoms with Crippen LogP contribution in [0.25, 0.3) is 0 Å². The second-order valence-electron chi connectivity index (χ2n) is 7.76. The number of amides is 1. The highest BCUT2D eigenvalue weighted by Gasteiger charge is 2.38. The average Bonchev–Trinajstić information content (AvgIpc) is 3.14. The molecule has 0 aliphatic carbocycles. The number of halogens is 1. The van der Waals surface area contributed by atoms with Crippen LogP contribution in [0, 0.1) is 5.82 Å². The van der Waals surface area contributed by atoms with Crippen LogP contribution in [0.5, 0.6) is 0 Å². The summed E-state index contributed by atoms with van der Waals surface area (Å²) in [5.74, 6) is -0.323. The van der Waals surface area contributed by atoms with Crippen molar-refractivity contribution < 1.29 is 17.6 Å². The van der Waals surface area contributed by atoms with Crippen molar-refractivity contribution in [2.75, 3.05) is 39.3 Å². The van der Waals surface area contributed by atoms with E-state index in [0.29, 0.717) is 32.7 Å². The Labute approximate surface area is 176 Å². The molecule has 2 aliphatic rings. The van der Waals surface area contributed by atoms with E-state index in [1.807, 2.05) is 23.1 Å². The van der Waals surface area contributed by atoms with Crippen LogP contribution in [0.15, 0.2) is 59.5 Å². The van der Waals surface area contributed by atoms with Gasteiger partial charge in [0.05, 0.1) is 10.9 Å². The second kappa shape index (κ2) is 8.83. The molecule has 0 spiro atoms. The van der Waals surface area contributed by atoms with E-state index in [-0.39, 0.29) is 16.8 Å². The van der Waals surface area contributed by atoms with Crippen LogP contribution in [0.3, 0.4) is 0 Å². The number of nitrogens with zero attached hydrogens (tertiary/aromatic N) is 3. The van der Waals surface area contributed by atoms with Gasteiger partial charge in [0.25, 0.3) is 0 Å². The molecule has 30 heavy (non-hydrogen) atoms. The second-order valence-corrected chi connectivity index (χ2v) is 9.70. The number of rotatable bonds is 6. The first-order valence-corrected chi connectivity index (χ1v) is 11.7. The highest BCUT2D eigenvalue weighted by molar-refractivity contribution is 7.89. The van der Waals surface area contributed by atoms with E-state index in [1.165, 1.54) is 22.0 Å². The van der Waals surface area contributed by atoms with Gasteiger partial charge in [-0.15, -0.1) is 0 Å². The molecule has 0 radical (unpaired) electrons. The number of hydrogen-bond donors (Lipinski definition) is 0. The summed E-state index contributed by atoms with van der Waals surface area (Å²) in [7, 11) is -3.64. The van der Waals surface area contributed by atoms with Gasteiger partial charge in [-0.05, 0) is 42.7 Å². The number of carbonyl (C=O) groups is 1. The molecule has 1 atom stereocenters. The van der Waals surface area contributed by atoms with E-state index in [4.69, 9.17) is 0 Å². The quantitative estimate of drug-likeness (QED) is 0.702. The molecule has 2 fully saturated rings. The molecule has 8 heteroatoms. The van der Waals surface area contributed by atoms with Crippen molar-refractivity contribution in [2.45, 2.75) is 23.8 Å². The smallest absolute Gasteiger partial charge is 0.243 e. The molecule has 4 rings (SSSR count). The van der Waals surface area contributed by atoms with Crippen LogP contribution in [-0.4, -0.2) is 73.7 Å². The van der Waals surface area contributed by atoms with Crippen molar-refractivity contribution in [2.24, 2.45) is 0 Å². The predicted octanol–water partition coefficient (Wildman–Crippen LogP) is 1.98. The van der Waals surface area contributed by atoms with Crippen LogP contribution < -0.4 is 0 Å². The fraction of sp³-hybridized carbons (Fsp3) is 0.409. The van der Waals surface area contributed by atoms with Gasteiger partial charge >= 0.3 is 0 Å². The molecule has 160 valence electrons. The Morgan fingerprint density at radius 2 is 1.57 bits per heavy atom. The van der Waals surface area contributed by atoms with Crippen LogP contribution in [0.4, 0.5) is 4.39 Å². The topological polar surface area (TPSA) is 60.9 Å². The first-order chi connectivity index (χ1) is 14.4. The van der Waals surface area contributed by atoms with Crippen LogP contribution >= 0.6 is 0 Å². The Hall–Kier alpha value is -2.29. The lowest BCUT2D eigenvalue weighted by Gasteiger charge is -2.36. The molecule has 1 amide bonds. The lowest BCUT2D eigenvalue weighted by molar-refractivity contribution is -0.132. The molecule has 2 aromatic carbocycles. The van der Waals surface area contributed by atoms with Crippen LogP contribution in [0.2, 0.25) is 0 Å². The van der Waals surface area contributed by atoms with Gasteiger partial charge in [-0.2, -0.15) is 4.31 Å². The van der Waals surface area contributed by atoms with Gasteiger partial charge in [0.2, 0.25) is 15.9 Å². The Morgan fingerprint density at radius 3 is 2.23 bits per heavy atom. The minimum atomic E-state index is -3.64. The number of benzene rings is 2. The number of likely N-dealkylation sites (tertiary alicyclic amines) is 1. The first kappa shape index (κ1) is 21.0. The number of carbonyl (C=O) groups excluding carboxylic acids is 1.